The first-order valence-electron chi connectivity index (χ1n) is 7.64. The highest BCUT2D eigenvalue weighted by Gasteiger charge is 2.51. The number of nitrogens with zero attached hydrogens (tertiary/aromatic N) is 2. The van der Waals surface area contributed by atoms with E-state index in [0.717, 1.165) is 23.1 Å². The Morgan fingerprint density at radius 3 is 2.58 bits per heavy atom. The molecule has 1 atom stereocenters. The van der Waals surface area contributed by atoms with Gasteiger partial charge in [0.05, 0.1) is 6.54 Å². The highest BCUT2D eigenvalue weighted by atomic mass is 19.1. The largest absolute Gasteiger partial charge is 0.358 e. The van der Waals surface area contributed by atoms with Crippen molar-refractivity contribution in [3.05, 3.63) is 35.4 Å². The number of carbonyl (C=O) groups excluding carboxylic acids is 4. The second-order valence-corrected chi connectivity index (χ2v) is 5.99. The SMILES string of the molecule is CNC(=O)CN(C)C(=O)CN1C(=O)N[C@](C)(c2cc(F)ccc2F)C1=O. The molecule has 5 amide bonds. The summed E-state index contributed by atoms with van der Waals surface area (Å²) in [5.41, 5.74) is -2.19. The summed E-state index contributed by atoms with van der Waals surface area (Å²) in [6, 6.07) is 1.64. The molecule has 10 heteroatoms. The lowest BCUT2D eigenvalue weighted by molar-refractivity contribution is -0.139. The summed E-state index contributed by atoms with van der Waals surface area (Å²) < 4.78 is 27.5. The maximum atomic E-state index is 14.1. The molecule has 0 radical (unpaired) electrons. The number of hydrogen-bond donors (Lipinski definition) is 2. The molecule has 1 aliphatic heterocycles. The fraction of sp³-hybridized carbons (Fsp3) is 0.375. The highest BCUT2D eigenvalue weighted by molar-refractivity contribution is 6.09. The number of likely N-dealkylation sites (N-methyl/N-ethyl adjacent to an activating group) is 2. The predicted molar refractivity (Wildman–Crippen MR) is 85.7 cm³/mol. The average Bonchev–Trinajstić information content (AvgIpc) is 2.80. The van der Waals surface area contributed by atoms with Crippen molar-refractivity contribution in [2.45, 2.75) is 12.5 Å². The Bertz CT molecular complexity index is 786. The van der Waals surface area contributed by atoms with Crippen LogP contribution in [-0.2, 0) is 19.9 Å². The van der Waals surface area contributed by atoms with Crippen LogP contribution in [0, 0.1) is 11.6 Å². The maximum Gasteiger partial charge on any atom is 0.325 e. The first kappa shape index (κ1) is 19.3. The quantitative estimate of drug-likeness (QED) is 0.711. The van der Waals surface area contributed by atoms with Gasteiger partial charge in [0.2, 0.25) is 11.8 Å². The van der Waals surface area contributed by atoms with Crippen LogP contribution in [0.15, 0.2) is 18.2 Å². The van der Waals surface area contributed by atoms with Crippen LogP contribution in [0.3, 0.4) is 0 Å². The van der Waals surface area contributed by atoms with E-state index in [9.17, 15) is 28.0 Å². The third-order valence-electron chi connectivity index (χ3n) is 4.12. The molecule has 0 aliphatic carbocycles. The molecule has 1 saturated heterocycles. The molecule has 0 spiro atoms. The van der Waals surface area contributed by atoms with Gasteiger partial charge in [-0.3, -0.25) is 19.3 Å². The zero-order chi connectivity index (χ0) is 19.6. The van der Waals surface area contributed by atoms with E-state index in [1.807, 2.05) is 0 Å². The number of amides is 5. The van der Waals surface area contributed by atoms with Crippen molar-refractivity contribution in [1.82, 2.24) is 20.4 Å². The molecule has 0 unspecified atom stereocenters. The topological polar surface area (TPSA) is 98.8 Å². The number of imide groups is 1. The molecule has 8 nitrogen and oxygen atoms in total. The molecule has 1 fully saturated rings. The fourth-order valence-electron chi connectivity index (χ4n) is 2.54. The van der Waals surface area contributed by atoms with Crippen LogP contribution in [-0.4, -0.2) is 60.7 Å². The number of halogens is 2. The van der Waals surface area contributed by atoms with Gasteiger partial charge in [-0.2, -0.15) is 0 Å². The molecule has 0 bridgehead atoms. The number of hydrogen-bond acceptors (Lipinski definition) is 4. The molecule has 2 N–H and O–H groups in total. The molecular weight excluding hydrogens is 350 g/mol. The van der Waals surface area contributed by atoms with E-state index in [1.165, 1.54) is 21.0 Å². The van der Waals surface area contributed by atoms with Crippen molar-refractivity contribution in [3.8, 4) is 0 Å². The minimum absolute atomic E-state index is 0.255. The fourth-order valence-corrected chi connectivity index (χ4v) is 2.54. The lowest BCUT2D eigenvalue weighted by Crippen LogP contribution is -2.45. The number of carbonyl (C=O) groups is 4. The van der Waals surface area contributed by atoms with Crippen LogP contribution >= 0.6 is 0 Å². The molecular formula is C16H18F2N4O4. The Labute approximate surface area is 148 Å². The van der Waals surface area contributed by atoms with Crippen LogP contribution in [0.4, 0.5) is 13.6 Å². The molecule has 1 aromatic carbocycles. The zero-order valence-electron chi connectivity index (χ0n) is 14.4. The number of benzene rings is 1. The van der Waals surface area contributed by atoms with Gasteiger partial charge in [0.1, 0.15) is 23.7 Å². The van der Waals surface area contributed by atoms with Gasteiger partial charge >= 0.3 is 6.03 Å². The van der Waals surface area contributed by atoms with Gasteiger partial charge < -0.3 is 15.5 Å². The Morgan fingerprint density at radius 1 is 1.31 bits per heavy atom. The van der Waals surface area contributed by atoms with Gasteiger partial charge in [-0.25, -0.2) is 13.6 Å². The summed E-state index contributed by atoms with van der Waals surface area (Å²) >= 11 is 0. The van der Waals surface area contributed by atoms with Crippen molar-refractivity contribution in [2.75, 3.05) is 27.2 Å². The summed E-state index contributed by atoms with van der Waals surface area (Å²) in [6.07, 6.45) is 0. The lowest BCUT2D eigenvalue weighted by Gasteiger charge is -2.23. The zero-order valence-corrected chi connectivity index (χ0v) is 14.4. The standard InChI is InChI=1S/C16H18F2N4O4/c1-16(10-6-9(17)4-5-11(10)18)14(25)22(15(26)20-16)8-13(24)21(3)7-12(23)19-2/h4-6H,7-8H2,1-3H3,(H,19,23)(H,20,26)/t16-/m1/s1. The molecule has 2 rings (SSSR count). The minimum atomic E-state index is -1.84. The van der Waals surface area contributed by atoms with Crippen LogP contribution < -0.4 is 10.6 Å². The molecule has 1 heterocycles. The molecule has 140 valence electrons. The Kier molecular flexibility index (Phi) is 5.24. The normalized spacial score (nSPS) is 19.3. The van der Waals surface area contributed by atoms with Gasteiger partial charge in [0.15, 0.2) is 0 Å². The lowest BCUT2D eigenvalue weighted by atomic mass is 9.91. The van der Waals surface area contributed by atoms with Crippen molar-refractivity contribution >= 4 is 23.8 Å². The molecule has 0 aromatic heterocycles. The van der Waals surface area contributed by atoms with E-state index in [0.29, 0.717) is 4.90 Å². The summed E-state index contributed by atoms with van der Waals surface area (Å²) in [5, 5.41) is 4.63. The van der Waals surface area contributed by atoms with E-state index >= 15 is 0 Å². The van der Waals surface area contributed by atoms with Gasteiger partial charge in [-0.1, -0.05) is 0 Å². The first-order chi connectivity index (χ1) is 12.1. The van der Waals surface area contributed by atoms with Crippen LogP contribution in [0.1, 0.15) is 12.5 Å². The van der Waals surface area contributed by atoms with Crippen LogP contribution in [0.25, 0.3) is 0 Å². The summed E-state index contributed by atoms with van der Waals surface area (Å²) in [4.78, 5) is 49.9. The average molecular weight is 368 g/mol. The Balaban J connectivity index is 2.22. The second kappa shape index (κ2) is 7.06. The van der Waals surface area contributed by atoms with E-state index in [4.69, 9.17) is 0 Å². The predicted octanol–water partition coefficient (Wildman–Crippen LogP) is -0.0638. The van der Waals surface area contributed by atoms with Gasteiger partial charge in [0.25, 0.3) is 5.91 Å². The van der Waals surface area contributed by atoms with Crippen molar-refractivity contribution in [1.29, 1.82) is 0 Å². The third kappa shape index (κ3) is 3.48. The monoisotopic (exact) mass is 368 g/mol. The summed E-state index contributed by atoms with van der Waals surface area (Å²) in [5.74, 6) is -3.63. The second-order valence-electron chi connectivity index (χ2n) is 5.99. The van der Waals surface area contributed by atoms with E-state index in [-0.39, 0.29) is 12.1 Å². The van der Waals surface area contributed by atoms with E-state index in [1.54, 1.807) is 0 Å². The molecule has 1 aliphatic rings. The summed E-state index contributed by atoms with van der Waals surface area (Å²) in [6.45, 7) is 0.337. The number of urea groups is 1. The molecule has 1 aromatic rings. The minimum Gasteiger partial charge on any atom is -0.358 e. The Morgan fingerprint density at radius 2 is 1.96 bits per heavy atom. The molecule has 26 heavy (non-hydrogen) atoms. The van der Waals surface area contributed by atoms with Gasteiger partial charge in [-0.05, 0) is 25.1 Å². The smallest absolute Gasteiger partial charge is 0.325 e. The number of nitrogens with one attached hydrogen (secondary N) is 2. The van der Waals surface area contributed by atoms with Crippen LogP contribution in [0.5, 0.6) is 0 Å². The third-order valence-corrected chi connectivity index (χ3v) is 4.12. The van der Waals surface area contributed by atoms with Gasteiger partial charge in [0, 0.05) is 19.7 Å². The first-order valence-corrected chi connectivity index (χ1v) is 7.64. The molecule has 0 saturated carbocycles. The van der Waals surface area contributed by atoms with Gasteiger partial charge in [-0.15, -0.1) is 0 Å². The summed E-state index contributed by atoms with van der Waals surface area (Å²) in [7, 11) is 2.73. The van der Waals surface area contributed by atoms with Crippen molar-refractivity contribution < 1.29 is 28.0 Å². The van der Waals surface area contributed by atoms with E-state index < -0.39 is 47.5 Å². The van der Waals surface area contributed by atoms with E-state index in [2.05, 4.69) is 10.6 Å². The maximum absolute atomic E-state index is 14.1. The highest BCUT2D eigenvalue weighted by Crippen LogP contribution is 2.31. The van der Waals surface area contributed by atoms with Crippen molar-refractivity contribution in [3.63, 3.8) is 0 Å². The van der Waals surface area contributed by atoms with Crippen LogP contribution in [0.2, 0.25) is 0 Å². The number of rotatable bonds is 5. The Hall–Kier alpha value is -3.04. The van der Waals surface area contributed by atoms with Crippen molar-refractivity contribution in [2.24, 2.45) is 0 Å².